The topological polar surface area (TPSA) is 41.6 Å². The van der Waals surface area contributed by atoms with E-state index in [9.17, 15) is 4.79 Å². The maximum absolute atomic E-state index is 12.0. The molecule has 1 aliphatic heterocycles. The second-order valence-electron chi connectivity index (χ2n) is 4.13. The maximum atomic E-state index is 12.0. The highest BCUT2D eigenvalue weighted by Crippen LogP contribution is 2.10. The predicted octanol–water partition coefficient (Wildman–Crippen LogP) is 1.01. The number of ether oxygens (including phenoxy) is 1. The van der Waals surface area contributed by atoms with Gasteiger partial charge in [-0.05, 0) is 33.2 Å². The quantitative estimate of drug-likeness (QED) is 0.661. The summed E-state index contributed by atoms with van der Waals surface area (Å²) in [7, 11) is 0. The van der Waals surface area contributed by atoms with E-state index in [0.717, 1.165) is 39.1 Å². The Kier molecular flexibility index (Phi) is 6.42. The minimum Gasteiger partial charge on any atom is -0.382 e. The lowest BCUT2D eigenvalue weighted by molar-refractivity contribution is -0.133. The van der Waals surface area contributed by atoms with Crippen molar-refractivity contribution in [3.63, 3.8) is 0 Å². The van der Waals surface area contributed by atoms with E-state index in [-0.39, 0.29) is 5.91 Å². The molecular weight excluding hydrogens is 204 g/mol. The summed E-state index contributed by atoms with van der Waals surface area (Å²) in [5, 5.41) is 3.30. The van der Waals surface area contributed by atoms with Gasteiger partial charge >= 0.3 is 0 Å². The molecular formula is C12H24N2O2. The van der Waals surface area contributed by atoms with Gasteiger partial charge in [-0.2, -0.15) is 0 Å². The van der Waals surface area contributed by atoms with Gasteiger partial charge in [-0.25, -0.2) is 0 Å². The number of nitrogens with one attached hydrogen (secondary N) is 1. The Labute approximate surface area is 98.3 Å². The minimum atomic E-state index is 0.274. The zero-order chi connectivity index (χ0) is 11.8. The molecule has 94 valence electrons. The predicted molar refractivity (Wildman–Crippen MR) is 64.4 cm³/mol. The van der Waals surface area contributed by atoms with Gasteiger partial charge in [0.05, 0.1) is 0 Å². The van der Waals surface area contributed by atoms with Gasteiger partial charge in [0.25, 0.3) is 0 Å². The van der Waals surface area contributed by atoms with Crippen LogP contribution in [-0.2, 0) is 9.53 Å². The van der Waals surface area contributed by atoms with E-state index in [0.29, 0.717) is 19.1 Å². The number of hydrogen-bond donors (Lipinski definition) is 1. The van der Waals surface area contributed by atoms with Crippen LogP contribution >= 0.6 is 0 Å². The number of rotatable bonds is 7. The van der Waals surface area contributed by atoms with E-state index in [4.69, 9.17) is 4.74 Å². The first-order valence-electron chi connectivity index (χ1n) is 6.37. The molecule has 1 rings (SSSR count). The van der Waals surface area contributed by atoms with E-state index in [1.807, 2.05) is 11.8 Å². The number of hydrogen-bond acceptors (Lipinski definition) is 3. The standard InChI is InChI=1S/C12H24N2O2/c1-3-14(11-7-8-13-10-11)12(15)6-5-9-16-4-2/h11,13H,3-10H2,1-2H3. The zero-order valence-electron chi connectivity index (χ0n) is 10.5. The fourth-order valence-corrected chi connectivity index (χ4v) is 2.16. The number of likely N-dealkylation sites (N-methyl/N-ethyl adjacent to an activating group) is 1. The first-order valence-corrected chi connectivity index (χ1v) is 6.37. The van der Waals surface area contributed by atoms with Crippen LogP contribution in [0.4, 0.5) is 0 Å². The molecule has 0 aromatic heterocycles. The molecule has 0 aromatic carbocycles. The molecule has 1 heterocycles. The summed E-state index contributed by atoms with van der Waals surface area (Å²) in [6.45, 7) is 8.27. The Morgan fingerprint density at radius 1 is 1.50 bits per heavy atom. The van der Waals surface area contributed by atoms with Crippen LogP contribution in [0.3, 0.4) is 0 Å². The molecule has 0 bridgehead atoms. The van der Waals surface area contributed by atoms with Gasteiger partial charge < -0.3 is 15.0 Å². The molecule has 1 amide bonds. The van der Waals surface area contributed by atoms with Crippen LogP contribution in [0.5, 0.6) is 0 Å². The van der Waals surface area contributed by atoms with Crippen molar-refractivity contribution in [1.29, 1.82) is 0 Å². The number of nitrogens with zero attached hydrogens (tertiary/aromatic N) is 1. The van der Waals surface area contributed by atoms with Crippen LogP contribution in [0.1, 0.15) is 33.1 Å². The molecule has 0 radical (unpaired) electrons. The molecule has 0 saturated carbocycles. The average molecular weight is 228 g/mol. The van der Waals surface area contributed by atoms with E-state index >= 15 is 0 Å². The number of carbonyl (C=O) groups is 1. The molecule has 0 aliphatic carbocycles. The molecule has 1 aliphatic rings. The van der Waals surface area contributed by atoms with Crippen molar-refractivity contribution < 1.29 is 9.53 Å². The van der Waals surface area contributed by atoms with Crippen molar-refractivity contribution >= 4 is 5.91 Å². The minimum absolute atomic E-state index is 0.274. The lowest BCUT2D eigenvalue weighted by Gasteiger charge is -2.27. The molecule has 4 heteroatoms. The van der Waals surface area contributed by atoms with Crippen molar-refractivity contribution in [2.24, 2.45) is 0 Å². The van der Waals surface area contributed by atoms with Crippen molar-refractivity contribution in [2.45, 2.75) is 39.2 Å². The summed E-state index contributed by atoms with van der Waals surface area (Å²) in [4.78, 5) is 14.0. The van der Waals surface area contributed by atoms with Crippen LogP contribution in [0.2, 0.25) is 0 Å². The molecule has 4 nitrogen and oxygen atoms in total. The smallest absolute Gasteiger partial charge is 0.222 e. The van der Waals surface area contributed by atoms with Crippen LogP contribution in [0, 0.1) is 0 Å². The van der Waals surface area contributed by atoms with Crippen molar-refractivity contribution in [3.05, 3.63) is 0 Å². The first kappa shape index (κ1) is 13.5. The SMILES string of the molecule is CCOCCCC(=O)N(CC)C1CCNC1. The second kappa shape index (κ2) is 7.63. The highest BCUT2D eigenvalue weighted by molar-refractivity contribution is 5.76. The molecule has 0 aromatic rings. The Morgan fingerprint density at radius 3 is 2.88 bits per heavy atom. The highest BCUT2D eigenvalue weighted by atomic mass is 16.5. The average Bonchev–Trinajstić information content (AvgIpc) is 2.79. The third-order valence-electron chi connectivity index (χ3n) is 3.02. The molecule has 1 fully saturated rings. The lowest BCUT2D eigenvalue weighted by Crippen LogP contribution is -2.41. The van der Waals surface area contributed by atoms with Gasteiger partial charge in [-0.3, -0.25) is 4.79 Å². The molecule has 1 unspecified atom stereocenters. The molecule has 1 atom stereocenters. The van der Waals surface area contributed by atoms with E-state index in [1.54, 1.807) is 0 Å². The van der Waals surface area contributed by atoms with Gasteiger partial charge in [0.15, 0.2) is 0 Å². The van der Waals surface area contributed by atoms with Crippen molar-refractivity contribution in [3.8, 4) is 0 Å². The summed E-state index contributed by atoms with van der Waals surface area (Å²) in [5.41, 5.74) is 0. The summed E-state index contributed by atoms with van der Waals surface area (Å²) >= 11 is 0. The van der Waals surface area contributed by atoms with Gasteiger partial charge in [-0.15, -0.1) is 0 Å². The van der Waals surface area contributed by atoms with Gasteiger partial charge in [-0.1, -0.05) is 0 Å². The molecule has 1 N–H and O–H groups in total. The summed E-state index contributed by atoms with van der Waals surface area (Å²) in [6, 6.07) is 0.407. The van der Waals surface area contributed by atoms with E-state index in [2.05, 4.69) is 12.2 Å². The van der Waals surface area contributed by atoms with Crippen molar-refractivity contribution in [2.75, 3.05) is 32.8 Å². The maximum Gasteiger partial charge on any atom is 0.222 e. The second-order valence-corrected chi connectivity index (χ2v) is 4.13. The molecule has 16 heavy (non-hydrogen) atoms. The fraction of sp³-hybridized carbons (Fsp3) is 0.917. The summed E-state index contributed by atoms with van der Waals surface area (Å²) < 4.78 is 5.24. The van der Waals surface area contributed by atoms with Crippen LogP contribution in [-0.4, -0.2) is 49.7 Å². The monoisotopic (exact) mass is 228 g/mol. The lowest BCUT2D eigenvalue weighted by atomic mass is 10.2. The summed E-state index contributed by atoms with van der Waals surface area (Å²) in [6.07, 6.45) is 2.54. The number of carbonyl (C=O) groups excluding carboxylic acids is 1. The Balaban J connectivity index is 2.25. The fourth-order valence-electron chi connectivity index (χ4n) is 2.16. The largest absolute Gasteiger partial charge is 0.382 e. The first-order chi connectivity index (χ1) is 7.79. The zero-order valence-corrected chi connectivity index (χ0v) is 10.5. The molecule has 1 saturated heterocycles. The Morgan fingerprint density at radius 2 is 2.31 bits per heavy atom. The van der Waals surface area contributed by atoms with Crippen molar-refractivity contribution in [1.82, 2.24) is 10.2 Å². The highest BCUT2D eigenvalue weighted by Gasteiger charge is 2.24. The third kappa shape index (κ3) is 4.10. The summed E-state index contributed by atoms with van der Waals surface area (Å²) in [5.74, 6) is 0.274. The van der Waals surface area contributed by atoms with Gasteiger partial charge in [0, 0.05) is 38.8 Å². The third-order valence-corrected chi connectivity index (χ3v) is 3.02. The van der Waals surface area contributed by atoms with E-state index < -0.39 is 0 Å². The van der Waals surface area contributed by atoms with E-state index in [1.165, 1.54) is 0 Å². The normalized spacial score (nSPS) is 20.0. The van der Waals surface area contributed by atoms with Crippen LogP contribution < -0.4 is 5.32 Å². The van der Waals surface area contributed by atoms with Crippen LogP contribution in [0.15, 0.2) is 0 Å². The van der Waals surface area contributed by atoms with Gasteiger partial charge in [0.1, 0.15) is 0 Å². The molecule has 0 spiro atoms. The number of amides is 1. The van der Waals surface area contributed by atoms with Crippen LogP contribution in [0.25, 0.3) is 0 Å². The Bertz CT molecular complexity index is 203. The Hall–Kier alpha value is -0.610. The van der Waals surface area contributed by atoms with Gasteiger partial charge in [0.2, 0.25) is 5.91 Å².